The van der Waals surface area contributed by atoms with Gasteiger partial charge < -0.3 is 10.1 Å². The molecular weight excluding hydrogens is 246 g/mol. The highest BCUT2D eigenvalue weighted by molar-refractivity contribution is 5.53. The average molecular weight is 267 g/mol. The molecule has 3 rings (SSSR count). The zero-order valence-corrected chi connectivity index (χ0v) is 12.2. The molecule has 0 fully saturated rings. The summed E-state index contributed by atoms with van der Waals surface area (Å²) in [4.78, 5) is 0. The zero-order chi connectivity index (χ0) is 13.9. The normalized spacial score (nSPS) is 12.9. The molecule has 104 valence electrons. The Balaban J connectivity index is 1.61. The van der Waals surface area contributed by atoms with Crippen molar-refractivity contribution in [2.45, 2.75) is 26.7 Å². The third-order valence-corrected chi connectivity index (χ3v) is 4.09. The van der Waals surface area contributed by atoms with Gasteiger partial charge >= 0.3 is 0 Å². The van der Waals surface area contributed by atoms with Crippen LogP contribution in [0.15, 0.2) is 36.4 Å². The Morgan fingerprint density at radius 2 is 2.05 bits per heavy atom. The minimum absolute atomic E-state index is 0.833. The van der Waals surface area contributed by atoms with Crippen LogP contribution < -0.4 is 10.1 Å². The summed E-state index contributed by atoms with van der Waals surface area (Å²) in [5.41, 5.74) is 6.66. The Morgan fingerprint density at radius 3 is 2.95 bits per heavy atom. The second kappa shape index (κ2) is 5.58. The van der Waals surface area contributed by atoms with Gasteiger partial charge in [0.25, 0.3) is 0 Å². The van der Waals surface area contributed by atoms with Gasteiger partial charge in [-0.1, -0.05) is 24.3 Å². The second-order valence-electron chi connectivity index (χ2n) is 5.46. The Kier molecular flexibility index (Phi) is 3.64. The molecule has 2 aromatic carbocycles. The lowest BCUT2D eigenvalue weighted by molar-refractivity contribution is 0.357. The van der Waals surface area contributed by atoms with Crippen LogP contribution in [0.5, 0.6) is 5.75 Å². The van der Waals surface area contributed by atoms with Crippen molar-refractivity contribution in [3.05, 3.63) is 58.7 Å². The lowest BCUT2D eigenvalue weighted by Gasteiger charge is -2.11. The summed E-state index contributed by atoms with van der Waals surface area (Å²) < 4.78 is 5.54. The molecule has 1 heterocycles. The quantitative estimate of drug-likeness (QED) is 0.907. The molecule has 0 aliphatic carbocycles. The predicted molar refractivity (Wildman–Crippen MR) is 83.8 cm³/mol. The highest BCUT2D eigenvalue weighted by atomic mass is 16.5. The fourth-order valence-corrected chi connectivity index (χ4v) is 2.68. The minimum atomic E-state index is 0.833. The van der Waals surface area contributed by atoms with Gasteiger partial charge in [-0.15, -0.1) is 0 Å². The molecule has 2 nitrogen and oxygen atoms in total. The van der Waals surface area contributed by atoms with E-state index in [1.165, 1.54) is 27.9 Å². The molecule has 2 heteroatoms. The highest BCUT2D eigenvalue weighted by Gasteiger charge is 2.11. The number of ether oxygens (including phenoxy) is 1. The number of fused-ring (bicyclic) bond motifs is 1. The summed E-state index contributed by atoms with van der Waals surface area (Å²) in [6, 6.07) is 13.0. The van der Waals surface area contributed by atoms with E-state index in [0.29, 0.717) is 0 Å². The van der Waals surface area contributed by atoms with Gasteiger partial charge in [0.05, 0.1) is 6.61 Å². The van der Waals surface area contributed by atoms with Crippen molar-refractivity contribution in [3.8, 4) is 5.75 Å². The van der Waals surface area contributed by atoms with E-state index in [1.54, 1.807) is 0 Å². The maximum absolute atomic E-state index is 5.54. The second-order valence-corrected chi connectivity index (χ2v) is 5.46. The first-order valence-corrected chi connectivity index (χ1v) is 7.29. The number of aryl methyl sites for hydroxylation is 1. The zero-order valence-electron chi connectivity index (χ0n) is 12.2. The Hall–Kier alpha value is -1.96. The van der Waals surface area contributed by atoms with Crippen molar-refractivity contribution in [3.63, 3.8) is 0 Å². The number of anilines is 1. The third kappa shape index (κ3) is 2.64. The average Bonchev–Trinajstić information content (AvgIpc) is 2.91. The van der Waals surface area contributed by atoms with Crippen molar-refractivity contribution in [2.75, 3.05) is 18.5 Å². The molecule has 0 aromatic heterocycles. The third-order valence-electron chi connectivity index (χ3n) is 4.09. The summed E-state index contributed by atoms with van der Waals surface area (Å²) in [6.07, 6.45) is 2.09. The molecule has 0 radical (unpaired) electrons. The summed E-state index contributed by atoms with van der Waals surface area (Å²) >= 11 is 0. The van der Waals surface area contributed by atoms with Crippen molar-refractivity contribution in [1.29, 1.82) is 0 Å². The van der Waals surface area contributed by atoms with Crippen LogP contribution in [-0.4, -0.2) is 13.2 Å². The summed E-state index contributed by atoms with van der Waals surface area (Å²) in [6.45, 7) is 6.12. The molecule has 0 saturated heterocycles. The van der Waals surface area contributed by atoms with Gasteiger partial charge in [0.15, 0.2) is 0 Å². The monoisotopic (exact) mass is 267 g/mol. The SMILES string of the molecule is Cc1cccc(NCCc2ccc3c(c2)CCO3)c1C. The Morgan fingerprint density at radius 1 is 1.15 bits per heavy atom. The molecule has 0 amide bonds. The molecule has 0 saturated carbocycles. The van der Waals surface area contributed by atoms with Crippen molar-refractivity contribution < 1.29 is 4.74 Å². The van der Waals surface area contributed by atoms with E-state index < -0.39 is 0 Å². The highest BCUT2D eigenvalue weighted by Crippen LogP contribution is 2.26. The van der Waals surface area contributed by atoms with Crippen LogP contribution in [0.1, 0.15) is 22.3 Å². The molecule has 2 aromatic rings. The largest absolute Gasteiger partial charge is 0.493 e. The number of rotatable bonds is 4. The molecule has 0 unspecified atom stereocenters. The number of hydrogen-bond acceptors (Lipinski definition) is 2. The topological polar surface area (TPSA) is 21.3 Å². The van der Waals surface area contributed by atoms with E-state index in [4.69, 9.17) is 4.74 Å². The maximum Gasteiger partial charge on any atom is 0.122 e. The maximum atomic E-state index is 5.54. The van der Waals surface area contributed by atoms with Crippen molar-refractivity contribution in [1.82, 2.24) is 0 Å². The summed E-state index contributed by atoms with van der Waals surface area (Å²) in [5, 5.41) is 3.54. The lowest BCUT2D eigenvalue weighted by Crippen LogP contribution is -2.06. The molecule has 1 aliphatic heterocycles. The molecule has 0 bridgehead atoms. The lowest BCUT2D eigenvalue weighted by atomic mass is 10.1. The van der Waals surface area contributed by atoms with E-state index in [1.807, 2.05) is 0 Å². The van der Waals surface area contributed by atoms with Crippen LogP contribution in [-0.2, 0) is 12.8 Å². The molecule has 1 N–H and O–H groups in total. The Bertz CT molecular complexity index is 619. The van der Waals surface area contributed by atoms with E-state index in [0.717, 1.165) is 31.7 Å². The number of nitrogens with one attached hydrogen (secondary N) is 1. The molecule has 0 atom stereocenters. The van der Waals surface area contributed by atoms with Gasteiger partial charge in [0.1, 0.15) is 5.75 Å². The fourth-order valence-electron chi connectivity index (χ4n) is 2.68. The van der Waals surface area contributed by atoms with Crippen LogP contribution in [0.3, 0.4) is 0 Å². The van der Waals surface area contributed by atoms with Crippen LogP contribution in [0.2, 0.25) is 0 Å². The van der Waals surface area contributed by atoms with Gasteiger partial charge in [-0.3, -0.25) is 0 Å². The van der Waals surface area contributed by atoms with E-state index >= 15 is 0 Å². The Labute approximate surface area is 120 Å². The summed E-state index contributed by atoms with van der Waals surface area (Å²) in [7, 11) is 0. The standard InChI is InChI=1S/C18H21NO/c1-13-4-3-5-17(14(13)2)19-10-8-15-6-7-18-16(12-15)9-11-20-18/h3-7,12,19H,8-11H2,1-2H3. The molecular formula is C18H21NO. The van der Waals surface area contributed by atoms with E-state index in [2.05, 4.69) is 55.6 Å². The van der Waals surface area contributed by atoms with Gasteiger partial charge in [0, 0.05) is 18.7 Å². The van der Waals surface area contributed by atoms with Gasteiger partial charge in [-0.25, -0.2) is 0 Å². The van der Waals surface area contributed by atoms with Gasteiger partial charge in [-0.05, 0) is 54.7 Å². The first-order valence-electron chi connectivity index (χ1n) is 7.29. The number of benzene rings is 2. The molecule has 20 heavy (non-hydrogen) atoms. The van der Waals surface area contributed by atoms with Crippen LogP contribution in [0, 0.1) is 13.8 Å². The van der Waals surface area contributed by atoms with Crippen LogP contribution >= 0.6 is 0 Å². The smallest absolute Gasteiger partial charge is 0.122 e. The van der Waals surface area contributed by atoms with Gasteiger partial charge in [-0.2, -0.15) is 0 Å². The van der Waals surface area contributed by atoms with Gasteiger partial charge in [0.2, 0.25) is 0 Å². The van der Waals surface area contributed by atoms with Crippen molar-refractivity contribution >= 4 is 5.69 Å². The predicted octanol–water partition coefficient (Wildman–Crippen LogP) is 3.89. The first-order chi connectivity index (χ1) is 9.74. The van der Waals surface area contributed by atoms with Crippen LogP contribution in [0.4, 0.5) is 5.69 Å². The molecule has 0 spiro atoms. The minimum Gasteiger partial charge on any atom is -0.493 e. The van der Waals surface area contributed by atoms with Crippen molar-refractivity contribution in [2.24, 2.45) is 0 Å². The van der Waals surface area contributed by atoms with E-state index in [-0.39, 0.29) is 0 Å². The first kappa shape index (κ1) is 13.0. The fraction of sp³-hybridized carbons (Fsp3) is 0.333. The summed E-state index contributed by atoms with van der Waals surface area (Å²) in [5.74, 6) is 1.07. The van der Waals surface area contributed by atoms with Crippen LogP contribution in [0.25, 0.3) is 0 Å². The molecule has 1 aliphatic rings. The number of hydrogen-bond donors (Lipinski definition) is 1. The van der Waals surface area contributed by atoms with E-state index in [9.17, 15) is 0 Å².